The molecule has 2 rings (SSSR count). The van der Waals surface area contributed by atoms with Crippen LogP contribution in [-0.2, 0) is 4.79 Å². The lowest BCUT2D eigenvalue weighted by Crippen LogP contribution is -2.15. The number of amidine groups is 1. The van der Waals surface area contributed by atoms with E-state index in [9.17, 15) is 13.6 Å². The highest BCUT2D eigenvalue weighted by molar-refractivity contribution is 8.00. The van der Waals surface area contributed by atoms with Crippen LogP contribution in [0.25, 0.3) is 0 Å². The van der Waals surface area contributed by atoms with Crippen LogP contribution in [0.15, 0.2) is 52.4 Å². The van der Waals surface area contributed by atoms with Gasteiger partial charge in [-0.15, -0.1) is 23.4 Å². The van der Waals surface area contributed by atoms with Gasteiger partial charge in [0.1, 0.15) is 17.5 Å². The van der Waals surface area contributed by atoms with Crippen molar-refractivity contribution in [3.8, 4) is 0 Å². The van der Waals surface area contributed by atoms with Gasteiger partial charge in [0.2, 0.25) is 5.91 Å². The third kappa shape index (κ3) is 5.50. The van der Waals surface area contributed by atoms with Crippen molar-refractivity contribution in [2.75, 3.05) is 16.9 Å². The number of carbonyl (C=O) groups excluding carboxylic acids is 1. The molecular weight excluding hydrogens is 356 g/mol. The van der Waals surface area contributed by atoms with Crippen LogP contribution in [-0.4, -0.2) is 23.4 Å². The molecule has 24 heavy (non-hydrogen) atoms. The van der Waals surface area contributed by atoms with E-state index in [1.165, 1.54) is 11.8 Å². The molecule has 0 heterocycles. The summed E-state index contributed by atoms with van der Waals surface area (Å²) in [4.78, 5) is 16.7. The van der Waals surface area contributed by atoms with E-state index in [0.29, 0.717) is 11.5 Å². The second-order valence-corrected chi connectivity index (χ2v) is 6.01. The number of halogens is 3. The van der Waals surface area contributed by atoms with Crippen LogP contribution in [0.2, 0.25) is 0 Å². The Hall–Kier alpha value is -2.12. The number of alkyl halides is 1. The summed E-state index contributed by atoms with van der Waals surface area (Å²) < 4.78 is 26.5. The minimum atomic E-state index is -0.686. The van der Waals surface area contributed by atoms with Gasteiger partial charge in [0.25, 0.3) is 0 Å². The molecule has 0 saturated carbocycles. The average molecular weight is 370 g/mol. The van der Waals surface area contributed by atoms with Gasteiger partial charge in [-0.3, -0.25) is 4.79 Å². The molecule has 3 N–H and O–H groups in total. The quantitative estimate of drug-likeness (QED) is 0.351. The fraction of sp³-hybridized carbons (Fsp3) is 0.125. The second kappa shape index (κ2) is 8.65. The number of nitrogens with zero attached hydrogens (tertiary/aromatic N) is 1. The lowest BCUT2D eigenvalue weighted by Gasteiger charge is -2.06. The Morgan fingerprint density at radius 1 is 1.21 bits per heavy atom. The van der Waals surface area contributed by atoms with E-state index in [1.54, 1.807) is 24.3 Å². The fourth-order valence-corrected chi connectivity index (χ4v) is 2.50. The van der Waals surface area contributed by atoms with Crippen molar-refractivity contribution in [2.45, 2.75) is 4.90 Å². The largest absolute Gasteiger partial charge is 0.386 e. The number of nitrogens with two attached hydrogens (primary N) is 1. The summed E-state index contributed by atoms with van der Waals surface area (Å²) in [6.45, 7) is 0. The molecule has 0 spiro atoms. The topological polar surface area (TPSA) is 67.5 Å². The number of rotatable bonds is 6. The second-order valence-electron chi connectivity index (χ2n) is 4.69. The first kappa shape index (κ1) is 18.2. The van der Waals surface area contributed by atoms with Gasteiger partial charge in [-0.2, -0.15) is 0 Å². The summed E-state index contributed by atoms with van der Waals surface area (Å²) >= 11 is 6.81. The van der Waals surface area contributed by atoms with E-state index in [4.69, 9.17) is 17.3 Å². The Morgan fingerprint density at radius 2 is 1.92 bits per heavy atom. The van der Waals surface area contributed by atoms with Crippen LogP contribution >= 0.6 is 23.4 Å². The van der Waals surface area contributed by atoms with E-state index in [0.717, 1.165) is 23.1 Å². The molecular formula is C16H14ClF2N3OS. The highest BCUT2D eigenvalue weighted by Gasteiger charge is 2.09. The maximum atomic E-state index is 13.5. The predicted molar refractivity (Wildman–Crippen MR) is 94.2 cm³/mol. The molecule has 2 aromatic carbocycles. The highest BCUT2D eigenvalue weighted by atomic mass is 35.5. The van der Waals surface area contributed by atoms with Gasteiger partial charge >= 0.3 is 0 Å². The Bertz CT molecular complexity index is 753. The van der Waals surface area contributed by atoms with Crippen LogP contribution in [0.1, 0.15) is 0 Å². The molecule has 4 nitrogen and oxygen atoms in total. The van der Waals surface area contributed by atoms with Gasteiger partial charge in [0.05, 0.1) is 23.0 Å². The molecule has 1 amide bonds. The van der Waals surface area contributed by atoms with Crippen LogP contribution in [0.3, 0.4) is 0 Å². The van der Waals surface area contributed by atoms with E-state index in [-0.39, 0.29) is 17.3 Å². The monoisotopic (exact) mass is 369 g/mol. The zero-order chi connectivity index (χ0) is 17.5. The first-order valence-electron chi connectivity index (χ1n) is 6.84. The number of benzene rings is 2. The number of aliphatic imine (C=N–C) groups is 1. The smallest absolute Gasteiger partial charge is 0.234 e. The van der Waals surface area contributed by atoms with Gasteiger partial charge in [0.15, 0.2) is 0 Å². The van der Waals surface area contributed by atoms with Gasteiger partial charge in [0, 0.05) is 11.0 Å². The number of anilines is 1. The van der Waals surface area contributed by atoms with E-state index >= 15 is 0 Å². The number of amides is 1. The molecule has 126 valence electrons. The third-order valence-corrected chi connectivity index (χ3v) is 4.10. The number of hydrogen-bond donors (Lipinski definition) is 2. The molecule has 0 bridgehead atoms. The lowest BCUT2D eigenvalue weighted by molar-refractivity contribution is -0.113. The van der Waals surface area contributed by atoms with Crippen LogP contribution in [0.4, 0.5) is 20.2 Å². The predicted octanol–water partition coefficient (Wildman–Crippen LogP) is 3.92. The van der Waals surface area contributed by atoms with Crippen molar-refractivity contribution in [3.63, 3.8) is 0 Å². The Morgan fingerprint density at radius 3 is 2.58 bits per heavy atom. The van der Waals surface area contributed by atoms with Gasteiger partial charge in [-0.25, -0.2) is 13.8 Å². The molecule has 2 aromatic rings. The molecule has 0 fully saturated rings. The van der Waals surface area contributed by atoms with Crippen molar-refractivity contribution >= 4 is 46.5 Å². The normalized spacial score (nSPS) is 11.4. The molecule has 0 aliphatic carbocycles. The van der Waals surface area contributed by atoms with E-state index < -0.39 is 17.5 Å². The summed E-state index contributed by atoms with van der Waals surface area (Å²) in [5.74, 6) is -1.22. The summed E-state index contributed by atoms with van der Waals surface area (Å²) in [7, 11) is 0. The van der Waals surface area contributed by atoms with Gasteiger partial charge in [-0.05, 0) is 36.4 Å². The van der Waals surface area contributed by atoms with Crippen molar-refractivity contribution < 1.29 is 13.6 Å². The number of hydrogen-bond acceptors (Lipinski definition) is 3. The van der Waals surface area contributed by atoms with Crippen LogP contribution in [0, 0.1) is 11.6 Å². The standard InChI is InChI=1S/C16H14ClF2N3OS/c17-8-15(20)21-11-2-4-12(5-3-11)24-9-16(23)22-14-7-10(18)1-6-13(14)19/h1-7H,8-9H2,(H2,20,21)(H,22,23). The Labute approximate surface area is 147 Å². The van der Waals surface area contributed by atoms with Gasteiger partial charge < -0.3 is 11.1 Å². The Balaban J connectivity index is 1.91. The van der Waals surface area contributed by atoms with Crippen LogP contribution in [0.5, 0.6) is 0 Å². The molecule has 8 heteroatoms. The first-order chi connectivity index (χ1) is 11.5. The SMILES string of the molecule is NC(CCl)=Nc1ccc(SCC(=O)Nc2cc(F)ccc2F)cc1. The van der Waals surface area contributed by atoms with Crippen molar-refractivity contribution in [1.82, 2.24) is 0 Å². The summed E-state index contributed by atoms with van der Waals surface area (Å²) in [6.07, 6.45) is 0. The van der Waals surface area contributed by atoms with E-state index in [1.807, 2.05) is 0 Å². The number of thioether (sulfide) groups is 1. The molecule has 0 aliphatic heterocycles. The summed E-state index contributed by atoms with van der Waals surface area (Å²) in [5.41, 5.74) is 6.02. The van der Waals surface area contributed by atoms with Crippen molar-refractivity contribution in [3.05, 3.63) is 54.1 Å². The molecule has 0 aromatic heterocycles. The lowest BCUT2D eigenvalue weighted by atomic mass is 10.3. The average Bonchev–Trinajstić information content (AvgIpc) is 2.57. The fourth-order valence-electron chi connectivity index (χ4n) is 1.74. The van der Waals surface area contributed by atoms with Gasteiger partial charge in [-0.1, -0.05) is 0 Å². The zero-order valence-electron chi connectivity index (χ0n) is 12.4. The maximum Gasteiger partial charge on any atom is 0.234 e. The molecule has 0 unspecified atom stereocenters. The van der Waals surface area contributed by atoms with Crippen LogP contribution < -0.4 is 11.1 Å². The number of nitrogens with one attached hydrogen (secondary N) is 1. The molecule has 0 radical (unpaired) electrons. The number of carbonyl (C=O) groups is 1. The van der Waals surface area contributed by atoms with Crippen molar-refractivity contribution in [2.24, 2.45) is 10.7 Å². The zero-order valence-corrected chi connectivity index (χ0v) is 14.0. The summed E-state index contributed by atoms with van der Waals surface area (Å²) in [6, 6.07) is 9.93. The highest BCUT2D eigenvalue weighted by Crippen LogP contribution is 2.22. The Kier molecular flexibility index (Phi) is 6.57. The van der Waals surface area contributed by atoms with Crippen molar-refractivity contribution in [1.29, 1.82) is 0 Å². The third-order valence-electron chi connectivity index (χ3n) is 2.82. The minimum Gasteiger partial charge on any atom is -0.386 e. The molecule has 0 atom stereocenters. The minimum absolute atomic E-state index is 0.0579. The summed E-state index contributed by atoms with van der Waals surface area (Å²) in [5, 5.41) is 2.34. The molecule has 0 aliphatic rings. The van der Waals surface area contributed by atoms with E-state index in [2.05, 4.69) is 10.3 Å². The first-order valence-corrected chi connectivity index (χ1v) is 8.36. The maximum absolute atomic E-state index is 13.5. The molecule has 0 saturated heterocycles.